The van der Waals surface area contributed by atoms with E-state index in [9.17, 15) is 4.79 Å². The van der Waals surface area contributed by atoms with Gasteiger partial charge in [0.05, 0.1) is 14.3 Å². The zero-order valence-electron chi connectivity index (χ0n) is 11.4. The van der Waals surface area contributed by atoms with Crippen molar-refractivity contribution >= 4 is 51.5 Å². The lowest BCUT2D eigenvalue weighted by Gasteiger charge is -2.12. The molecular weight excluding hydrogens is 494 g/mol. The second kappa shape index (κ2) is 7.98. The molecule has 0 amide bonds. The zero-order valence-corrected chi connectivity index (χ0v) is 15.8. The van der Waals surface area contributed by atoms with Crippen molar-refractivity contribution in [1.82, 2.24) is 0 Å². The van der Waals surface area contributed by atoms with Crippen molar-refractivity contribution in [3.8, 4) is 17.2 Å². The SMILES string of the molecule is COc1ccc(Oc2c(I)cc(CCC=O)cc2I)cc1. The summed E-state index contributed by atoms with van der Waals surface area (Å²) in [5.41, 5.74) is 1.15. The van der Waals surface area contributed by atoms with Crippen LogP contribution in [-0.4, -0.2) is 13.4 Å². The molecule has 0 spiro atoms. The molecule has 0 aliphatic heterocycles. The Morgan fingerprint density at radius 2 is 1.62 bits per heavy atom. The summed E-state index contributed by atoms with van der Waals surface area (Å²) in [6.07, 6.45) is 2.25. The summed E-state index contributed by atoms with van der Waals surface area (Å²) in [7, 11) is 1.64. The van der Waals surface area contributed by atoms with Gasteiger partial charge < -0.3 is 14.3 Å². The first-order chi connectivity index (χ1) is 10.1. The molecule has 2 rings (SSSR count). The molecule has 0 N–H and O–H groups in total. The Morgan fingerprint density at radius 3 is 2.14 bits per heavy atom. The van der Waals surface area contributed by atoms with Gasteiger partial charge in [-0.3, -0.25) is 0 Å². The number of carbonyl (C=O) groups is 1. The van der Waals surface area contributed by atoms with Crippen LogP contribution in [0.5, 0.6) is 17.2 Å². The van der Waals surface area contributed by atoms with Crippen LogP contribution in [-0.2, 0) is 11.2 Å². The predicted molar refractivity (Wildman–Crippen MR) is 99.3 cm³/mol. The van der Waals surface area contributed by atoms with Crippen molar-refractivity contribution in [3.63, 3.8) is 0 Å². The third-order valence-corrected chi connectivity index (χ3v) is 4.49. The summed E-state index contributed by atoms with van der Waals surface area (Å²) in [5, 5.41) is 0. The lowest BCUT2D eigenvalue weighted by Crippen LogP contribution is -1.95. The van der Waals surface area contributed by atoms with Crippen molar-refractivity contribution in [2.75, 3.05) is 7.11 Å². The molecule has 110 valence electrons. The second-order valence-electron chi connectivity index (χ2n) is 4.37. The fourth-order valence-corrected chi connectivity index (χ4v) is 3.96. The van der Waals surface area contributed by atoms with E-state index in [1.807, 2.05) is 24.3 Å². The van der Waals surface area contributed by atoms with E-state index in [0.717, 1.165) is 42.7 Å². The number of aryl methyl sites for hydroxylation is 1. The topological polar surface area (TPSA) is 35.5 Å². The van der Waals surface area contributed by atoms with E-state index in [1.54, 1.807) is 7.11 Å². The second-order valence-corrected chi connectivity index (χ2v) is 6.70. The van der Waals surface area contributed by atoms with Crippen LogP contribution in [0, 0.1) is 7.14 Å². The van der Waals surface area contributed by atoms with Gasteiger partial charge in [-0.1, -0.05) is 0 Å². The Kier molecular flexibility index (Phi) is 6.28. The first kappa shape index (κ1) is 16.5. The number of aldehydes is 1. The molecule has 0 aromatic heterocycles. The molecule has 0 radical (unpaired) electrons. The molecule has 5 heteroatoms. The molecular formula is C16H14I2O3. The van der Waals surface area contributed by atoms with Gasteiger partial charge in [0.1, 0.15) is 17.8 Å². The fourth-order valence-electron chi connectivity index (χ4n) is 1.84. The maximum atomic E-state index is 10.5. The quantitative estimate of drug-likeness (QED) is 0.415. The average Bonchev–Trinajstić information content (AvgIpc) is 2.49. The molecule has 0 heterocycles. The van der Waals surface area contributed by atoms with Crippen LogP contribution in [0.2, 0.25) is 0 Å². The van der Waals surface area contributed by atoms with Crippen molar-refractivity contribution in [2.24, 2.45) is 0 Å². The molecule has 0 aliphatic carbocycles. The Hall–Kier alpha value is -0.830. The first-order valence-corrected chi connectivity index (χ1v) is 8.53. The highest BCUT2D eigenvalue weighted by molar-refractivity contribution is 14.1. The molecule has 0 unspecified atom stereocenters. The smallest absolute Gasteiger partial charge is 0.154 e. The highest BCUT2D eigenvalue weighted by Gasteiger charge is 2.10. The van der Waals surface area contributed by atoms with Crippen molar-refractivity contribution in [3.05, 3.63) is 49.1 Å². The van der Waals surface area contributed by atoms with Gasteiger partial charge in [-0.2, -0.15) is 0 Å². The number of hydrogen-bond acceptors (Lipinski definition) is 3. The van der Waals surface area contributed by atoms with Crippen LogP contribution in [0.3, 0.4) is 0 Å². The van der Waals surface area contributed by atoms with Crippen LogP contribution >= 0.6 is 45.2 Å². The number of hydrogen-bond donors (Lipinski definition) is 0. The van der Waals surface area contributed by atoms with Gasteiger partial charge in [-0.15, -0.1) is 0 Å². The van der Waals surface area contributed by atoms with Gasteiger partial charge in [0.2, 0.25) is 0 Å². The van der Waals surface area contributed by atoms with Crippen LogP contribution in [0.25, 0.3) is 0 Å². The predicted octanol–water partition coefficient (Wildman–Crippen LogP) is 4.83. The summed E-state index contributed by atoms with van der Waals surface area (Å²) in [5.74, 6) is 2.42. The highest BCUT2D eigenvalue weighted by atomic mass is 127. The maximum Gasteiger partial charge on any atom is 0.154 e. The minimum atomic E-state index is 0.546. The Morgan fingerprint density at radius 1 is 1.05 bits per heavy atom. The standard InChI is InChI=1S/C16H14I2O3/c1-20-12-4-6-13(7-5-12)21-16-14(17)9-11(3-2-8-19)10-15(16)18/h4-10H,2-3H2,1H3. The molecule has 0 atom stereocenters. The van der Waals surface area contributed by atoms with E-state index in [0.29, 0.717) is 6.42 Å². The lowest BCUT2D eigenvalue weighted by atomic mass is 10.1. The number of benzene rings is 2. The summed E-state index contributed by atoms with van der Waals surface area (Å²) >= 11 is 4.52. The van der Waals surface area contributed by atoms with Crippen LogP contribution < -0.4 is 9.47 Å². The fraction of sp³-hybridized carbons (Fsp3) is 0.188. The van der Waals surface area contributed by atoms with Gasteiger partial charge in [-0.05, 0) is 93.6 Å². The molecule has 0 saturated heterocycles. The van der Waals surface area contributed by atoms with Crippen molar-refractivity contribution in [2.45, 2.75) is 12.8 Å². The molecule has 0 aliphatic rings. The van der Waals surface area contributed by atoms with E-state index in [1.165, 1.54) is 0 Å². The molecule has 21 heavy (non-hydrogen) atoms. The van der Waals surface area contributed by atoms with E-state index >= 15 is 0 Å². The lowest BCUT2D eigenvalue weighted by molar-refractivity contribution is -0.107. The molecule has 2 aromatic rings. The van der Waals surface area contributed by atoms with E-state index in [2.05, 4.69) is 57.3 Å². The number of ether oxygens (including phenoxy) is 2. The van der Waals surface area contributed by atoms with E-state index < -0.39 is 0 Å². The van der Waals surface area contributed by atoms with Gasteiger partial charge in [-0.25, -0.2) is 0 Å². The molecule has 0 saturated carbocycles. The minimum Gasteiger partial charge on any atom is -0.497 e. The third kappa shape index (κ3) is 4.57. The Bertz CT molecular complexity index is 601. The van der Waals surface area contributed by atoms with E-state index in [4.69, 9.17) is 9.47 Å². The summed E-state index contributed by atoms with van der Waals surface area (Å²) in [6.45, 7) is 0. The van der Waals surface area contributed by atoms with Gasteiger partial charge >= 0.3 is 0 Å². The number of halogens is 2. The van der Waals surface area contributed by atoms with Gasteiger partial charge in [0.25, 0.3) is 0 Å². The monoisotopic (exact) mass is 508 g/mol. The van der Waals surface area contributed by atoms with Crippen molar-refractivity contribution in [1.29, 1.82) is 0 Å². The molecule has 0 fully saturated rings. The van der Waals surface area contributed by atoms with Crippen LogP contribution in [0.4, 0.5) is 0 Å². The third-order valence-electron chi connectivity index (χ3n) is 2.89. The number of rotatable bonds is 6. The van der Waals surface area contributed by atoms with Crippen molar-refractivity contribution < 1.29 is 14.3 Å². The summed E-state index contributed by atoms with van der Waals surface area (Å²) < 4.78 is 13.2. The maximum absolute atomic E-state index is 10.5. The number of carbonyl (C=O) groups excluding carboxylic acids is 1. The first-order valence-electron chi connectivity index (χ1n) is 6.37. The summed E-state index contributed by atoms with van der Waals surface area (Å²) in [6, 6.07) is 11.6. The molecule has 0 bridgehead atoms. The minimum absolute atomic E-state index is 0.546. The average molecular weight is 508 g/mol. The summed E-state index contributed by atoms with van der Waals surface area (Å²) in [4.78, 5) is 10.5. The molecule has 2 aromatic carbocycles. The van der Waals surface area contributed by atoms with Crippen LogP contribution in [0.1, 0.15) is 12.0 Å². The molecule has 3 nitrogen and oxygen atoms in total. The van der Waals surface area contributed by atoms with Crippen LogP contribution in [0.15, 0.2) is 36.4 Å². The normalized spacial score (nSPS) is 10.2. The largest absolute Gasteiger partial charge is 0.497 e. The van der Waals surface area contributed by atoms with Gasteiger partial charge in [0, 0.05) is 6.42 Å². The zero-order chi connectivity index (χ0) is 15.2. The highest BCUT2D eigenvalue weighted by Crippen LogP contribution is 2.33. The Labute approximate surface area is 151 Å². The van der Waals surface area contributed by atoms with Gasteiger partial charge in [0.15, 0.2) is 5.75 Å². The van der Waals surface area contributed by atoms with E-state index in [-0.39, 0.29) is 0 Å². The number of methoxy groups -OCH3 is 1. The Balaban J connectivity index is 2.20.